The Labute approximate surface area is 185 Å². The van der Waals surface area contributed by atoms with E-state index in [0.29, 0.717) is 17.8 Å². The van der Waals surface area contributed by atoms with E-state index < -0.39 is 5.82 Å². The molecular formula is C23H26BrFN2OS. The quantitative estimate of drug-likeness (QED) is 0.404. The summed E-state index contributed by atoms with van der Waals surface area (Å²) >= 11 is 9.21. The molecule has 1 heterocycles. The molecule has 0 amide bonds. The van der Waals surface area contributed by atoms with Gasteiger partial charge in [-0.1, -0.05) is 54.1 Å². The lowest BCUT2D eigenvalue weighted by Crippen LogP contribution is -2.45. The minimum absolute atomic E-state index is 0.0664. The minimum Gasteiger partial charge on any atom is -0.383 e. The Kier molecular flexibility index (Phi) is 7.06. The number of carbonyl (C=O) groups is 1. The fourth-order valence-corrected chi connectivity index (χ4v) is 4.18. The van der Waals surface area contributed by atoms with Gasteiger partial charge >= 0.3 is 0 Å². The molecule has 0 aromatic heterocycles. The van der Waals surface area contributed by atoms with Crippen LogP contribution in [0.15, 0.2) is 46.9 Å². The molecule has 0 atom stereocenters. The number of likely N-dealkylation sites (tertiary alicyclic amines) is 1. The van der Waals surface area contributed by atoms with Crippen LogP contribution in [0.1, 0.15) is 49.0 Å². The van der Waals surface area contributed by atoms with Gasteiger partial charge in [0.05, 0.1) is 10.6 Å². The second-order valence-corrected chi connectivity index (χ2v) is 9.39. The molecule has 6 heteroatoms. The van der Waals surface area contributed by atoms with Crippen LogP contribution in [0.25, 0.3) is 0 Å². The van der Waals surface area contributed by atoms with Crippen molar-refractivity contribution in [1.82, 2.24) is 4.90 Å². The number of halogens is 2. The molecule has 2 aromatic carbocycles. The van der Waals surface area contributed by atoms with E-state index in [1.54, 1.807) is 18.2 Å². The molecule has 1 N–H and O–H groups in total. The first-order chi connectivity index (χ1) is 13.8. The van der Waals surface area contributed by atoms with E-state index in [4.69, 9.17) is 12.2 Å². The summed E-state index contributed by atoms with van der Waals surface area (Å²) in [4.78, 5) is 16.3. The number of hydrogen-bond acceptors (Lipinski definition) is 3. The molecule has 3 nitrogen and oxygen atoms in total. The van der Waals surface area contributed by atoms with Crippen molar-refractivity contribution in [3.63, 3.8) is 0 Å². The highest BCUT2D eigenvalue weighted by molar-refractivity contribution is 9.10. The Morgan fingerprint density at radius 3 is 2.52 bits per heavy atom. The van der Waals surface area contributed by atoms with Crippen molar-refractivity contribution in [2.75, 3.05) is 25.0 Å². The SMILES string of the molecule is CC(C)(CNc1ccc(Br)cc1C(=O)c1ccccc1F)C(=S)N1CCCCC1. The molecule has 0 radical (unpaired) electrons. The smallest absolute Gasteiger partial charge is 0.198 e. The molecule has 0 unspecified atom stereocenters. The second kappa shape index (κ2) is 9.35. The van der Waals surface area contributed by atoms with Crippen molar-refractivity contribution in [1.29, 1.82) is 0 Å². The topological polar surface area (TPSA) is 32.3 Å². The van der Waals surface area contributed by atoms with Crippen molar-refractivity contribution < 1.29 is 9.18 Å². The Balaban J connectivity index is 1.80. The molecule has 1 aliphatic rings. The Morgan fingerprint density at radius 2 is 1.83 bits per heavy atom. The van der Waals surface area contributed by atoms with Gasteiger partial charge in [-0.25, -0.2) is 4.39 Å². The van der Waals surface area contributed by atoms with E-state index in [1.807, 2.05) is 12.1 Å². The third-order valence-corrected chi connectivity index (χ3v) is 6.59. The number of ketones is 1. The highest BCUT2D eigenvalue weighted by Gasteiger charge is 2.29. The molecule has 29 heavy (non-hydrogen) atoms. The van der Waals surface area contributed by atoms with E-state index in [0.717, 1.165) is 22.6 Å². The predicted molar refractivity (Wildman–Crippen MR) is 124 cm³/mol. The molecule has 0 bridgehead atoms. The summed E-state index contributed by atoms with van der Waals surface area (Å²) in [6, 6.07) is 11.5. The minimum atomic E-state index is -0.518. The van der Waals surface area contributed by atoms with Gasteiger partial charge in [-0.15, -0.1) is 0 Å². The van der Waals surface area contributed by atoms with Crippen molar-refractivity contribution >= 4 is 44.6 Å². The second-order valence-electron chi connectivity index (χ2n) is 8.09. The van der Waals surface area contributed by atoms with Crippen LogP contribution in [0, 0.1) is 11.2 Å². The molecule has 0 aliphatic carbocycles. The molecule has 154 valence electrons. The van der Waals surface area contributed by atoms with Crippen LogP contribution in [-0.4, -0.2) is 35.3 Å². The van der Waals surface area contributed by atoms with E-state index in [2.05, 4.69) is 40.0 Å². The van der Waals surface area contributed by atoms with Crippen LogP contribution in [0.5, 0.6) is 0 Å². The average Bonchev–Trinajstić information content (AvgIpc) is 2.72. The Hall–Kier alpha value is -1.79. The van der Waals surface area contributed by atoms with Crippen LogP contribution < -0.4 is 5.32 Å². The molecule has 1 aliphatic heterocycles. The zero-order valence-corrected chi connectivity index (χ0v) is 19.2. The van der Waals surface area contributed by atoms with Crippen molar-refractivity contribution in [3.05, 3.63) is 63.9 Å². The monoisotopic (exact) mass is 476 g/mol. The average molecular weight is 477 g/mol. The summed E-state index contributed by atoms with van der Waals surface area (Å²) in [6.45, 7) is 6.85. The number of hydrogen-bond donors (Lipinski definition) is 1. The molecule has 1 fully saturated rings. The summed E-state index contributed by atoms with van der Waals surface area (Å²) in [7, 11) is 0. The van der Waals surface area contributed by atoms with Crippen LogP contribution in [-0.2, 0) is 0 Å². The molecule has 0 spiro atoms. The van der Waals surface area contributed by atoms with Gasteiger partial charge in [0.1, 0.15) is 5.82 Å². The van der Waals surface area contributed by atoms with E-state index in [-0.39, 0.29) is 16.8 Å². The van der Waals surface area contributed by atoms with E-state index >= 15 is 0 Å². The van der Waals surface area contributed by atoms with Gasteiger partial charge in [0.15, 0.2) is 5.78 Å². The summed E-state index contributed by atoms with van der Waals surface area (Å²) in [5.41, 5.74) is 0.926. The summed E-state index contributed by atoms with van der Waals surface area (Å²) < 4.78 is 14.9. The first-order valence-electron chi connectivity index (χ1n) is 9.91. The van der Waals surface area contributed by atoms with Crippen LogP contribution in [0.2, 0.25) is 0 Å². The van der Waals surface area contributed by atoms with Crippen LogP contribution in [0.4, 0.5) is 10.1 Å². The number of thiocarbonyl (C=S) groups is 1. The summed E-state index contributed by atoms with van der Waals surface area (Å²) in [5.74, 6) is -0.863. The third kappa shape index (κ3) is 5.23. The number of nitrogens with zero attached hydrogens (tertiary/aromatic N) is 1. The molecule has 1 saturated heterocycles. The van der Waals surface area contributed by atoms with Gasteiger partial charge < -0.3 is 10.2 Å². The normalized spacial score (nSPS) is 14.6. The zero-order valence-electron chi connectivity index (χ0n) is 16.8. The van der Waals surface area contributed by atoms with Crippen LogP contribution in [0.3, 0.4) is 0 Å². The highest BCUT2D eigenvalue weighted by atomic mass is 79.9. The molecular weight excluding hydrogens is 451 g/mol. The van der Waals surface area contributed by atoms with Crippen molar-refractivity contribution in [2.45, 2.75) is 33.1 Å². The standard InChI is InChI=1S/C23H26BrFN2OS/c1-23(2,22(29)27-12-6-3-7-13-27)15-26-20-11-10-16(24)14-18(20)21(28)17-8-4-5-9-19(17)25/h4-5,8-11,14,26H,3,6-7,12-13,15H2,1-2H3. The lowest BCUT2D eigenvalue weighted by Gasteiger charge is -2.37. The van der Waals surface area contributed by atoms with Gasteiger partial charge in [-0.2, -0.15) is 0 Å². The van der Waals surface area contributed by atoms with Gasteiger partial charge in [0.2, 0.25) is 0 Å². The van der Waals surface area contributed by atoms with Crippen molar-refractivity contribution in [3.8, 4) is 0 Å². The predicted octanol–water partition coefficient (Wildman–Crippen LogP) is 6.07. The van der Waals surface area contributed by atoms with Gasteiger partial charge in [0, 0.05) is 40.8 Å². The molecule has 3 rings (SSSR count). The van der Waals surface area contributed by atoms with E-state index in [9.17, 15) is 9.18 Å². The van der Waals surface area contributed by atoms with Crippen molar-refractivity contribution in [2.24, 2.45) is 5.41 Å². The summed E-state index contributed by atoms with van der Waals surface area (Å²) in [5, 5.41) is 3.39. The fraction of sp³-hybridized carbons (Fsp3) is 0.391. The number of carbonyl (C=O) groups excluding carboxylic acids is 1. The first kappa shape index (κ1) is 21.9. The Morgan fingerprint density at radius 1 is 1.14 bits per heavy atom. The third-order valence-electron chi connectivity index (χ3n) is 5.29. The first-order valence-corrected chi connectivity index (χ1v) is 11.1. The number of nitrogens with one attached hydrogen (secondary N) is 1. The number of anilines is 1. The summed E-state index contributed by atoms with van der Waals surface area (Å²) in [6.07, 6.45) is 3.62. The zero-order chi connectivity index (χ0) is 21.0. The fourth-order valence-electron chi connectivity index (χ4n) is 3.57. The van der Waals surface area contributed by atoms with Gasteiger partial charge in [-0.3, -0.25) is 4.79 Å². The number of piperidine rings is 1. The molecule has 2 aromatic rings. The lowest BCUT2D eigenvalue weighted by atomic mass is 9.91. The maximum atomic E-state index is 14.2. The number of benzene rings is 2. The van der Waals surface area contributed by atoms with Gasteiger partial charge in [0.25, 0.3) is 0 Å². The van der Waals surface area contributed by atoms with Crippen LogP contribution >= 0.6 is 28.1 Å². The molecule has 0 saturated carbocycles. The maximum Gasteiger partial charge on any atom is 0.198 e. The maximum absolute atomic E-state index is 14.2. The van der Waals surface area contributed by atoms with E-state index in [1.165, 1.54) is 31.4 Å². The largest absolute Gasteiger partial charge is 0.383 e. The lowest BCUT2D eigenvalue weighted by molar-refractivity contribution is 0.103. The Bertz CT molecular complexity index is 910. The van der Waals surface area contributed by atoms with Gasteiger partial charge in [-0.05, 0) is 49.6 Å². The highest BCUT2D eigenvalue weighted by Crippen LogP contribution is 2.28. The number of rotatable bonds is 6.